The number of likely N-dealkylation sites (tertiary alicyclic amines) is 1. The summed E-state index contributed by atoms with van der Waals surface area (Å²) in [6.45, 7) is 6.94. The van der Waals surface area contributed by atoms with Crippen LogP contribution in [0.2, 0.25) is 0 Å². The van der Waals surface area contributed by atoms with Crippen LogP contribution in [0.4, 0.5) is 0 Å². The summed E-state index contributed by atoms with van der Waals surface area (Å²) in [6, 6.07) is 11.1. The van der Waals surface area contributed by atoms with E-state index in [2.05, 4.69) is 31.0 Å². The number of Topliss-reactive ketones (excluding diaryl/α,β-unsaturated/α-hetero) is 1. The number of rotatable bonds is 4. The second-order valence-corrected chi connectivity index (χ2v) is 8.41. The second kappa shape index (κ2) is 8.07. The zero-order chi connectivity index (χ0) is 19.4. The van der Waals surface area contributed by atoms with Crippen molar-refractivity contribution in [2.45, 2.75) is 64.3 Å². The van der Waals surface area contributed by atoms with Crippen molar-refractivity contribution in [1.29, 1.82) is 0 Å². The molecule has 0 bridgehead atoms. The minimum Gasteiger partial charge on any atom is -0.334 e. The standard InChI is InChI=1S/C22H29N3O2/c1-22(2,3)20-15-18(23-24-20)21(27)25-13-9-5-8-12-17(25)14-19(26)16-10-6-4-7-11-16/h4,6-7,10-11,15,17H,5,8-9,12-14H2,1-3H3,(H,23,24)/t17-/m1/s1. The number of hydrogen-bond acceptors (Lipinski definition) is 3. The molecule has 0 unspecified atom stereocenters. The molecule has 144 valence electrons. The van der Waals surface area contributed by atoms with Crippen molar-refractivity contribution in [3.8, 4) is 0 Å². The SMILES string of the molecule is CC(C)(C)c1cc(C(=O)N2CCCCC[C@@H]2CC(=O)c2ccccc2)n[nH]1. The number of hydrogen-bond donors (Lipinski definition) is 1. The number of aromatic nitrogens is 2. The molecule has 0 aliphatic carbocycles. The van der Waals surface area contributed by atoms with Gasteiger partial charge in [0.1, 0.15) is 5.69 Å². The molecule has 5 nitrogen and oxygen atoms in total. The smallest absolute Gasteiger partial charge is 0.274 e. The van der Waals surface area contributed by atoms with Crippen LogP contribution < -0.4 is 0 Å². The highest BCUT2D eigenvalue weighted by Gasteiger charge is 2.30. The molecule has 0 saturated carbocycles. The predicted molar refractivity (Wildman–Crippen MR) is 106 cm³/mol. The number of H-pyrrole nitrogens is 1. The minimum absolute atomic E-state index is 0.0671. The third kappa shape index (κ3) is 4.65. The van der Waals surface area contributed by atoms with Crippen molar-refractivity contribution in [2.75, 3.05) is 6.54 Å². The molecule has 1 saturated heterocycles. The lowest BCUT2D eigenvalue weighted by Crippen LogP contribution is -2.41. The third-order valence-electron chi connectivity index (χ3n) is 5.26. The van der Waals surface area contributed by atoms with Gasteiger partial charge in [0, 0.05) is 35.7 Å². The molecule has 1 N–H and O–H groups in total. The number of benzene rings is 1. The fourth-order valence-electron chi connectivity index (χ4n) is 3.58. The molecule has 1 fully saturated rings. The Kier molecular flexibility index (Phi) is 5.78. The highest BCUT2D eigenvalue weighted by Crippen LogP contribution is 2.25. The number of amides is 1. The van der Waals surface area contributed by atoms with Gasteiger partial charge in [0.15, 0.2) is 5.78 Å². The Morgan fingerprint density at radius 1 is 1.15 bits per heavy atom. The first kappa shape index (κ1) is 19.3. The van der Waals surface area contributed by atoms with Crippen molar-refractivity contribution in [1.82, 2.24) is 15.1 Å². The van der Waals surface area contributed by atoms with Crippen LogP contribution in [0.15, 0.2) is 36.4 Å². The molecule has 0 radical (unpaired) electrons. The van der Waals surface area contributed by atoms with E-state index < -0.39 is 0 Å². The zero-order valence-electron chi connectivity index (χ0n) is 16.5. The Morgan fingerprint density at radius 2 is 1.89 bits per heavy atom. The van der Waals surface area contributed by atoms with Crippen LogP contribution in [0.1, 0.15) is 79.4 Å². The van der Waals surface area contributed by atoms with Gasteiger partial charge in [-0.15, -0.1) is 0 Å². The maximum absolute atomic E-state index is 13.2. The summed E-state index contributed by atoms with van der Waals surface area (Å²) in [5.41, 5.74) is 2.01. The van der Waals surface area contributed by atoms with Crippen molar-refractivity contribution < 1.29 is 9.59 Å². The summed E-state index contributed by atoms with van der Waals surface area (Å²) >= 11 is 0. The lowest BCUT2D eigenvalue weighted by molar-refractivity contribution is 0.0654. The van der Waals surface area contributed by atoms with Gasteiger partial charge in [-0.25, -0.2) is 0 Å². The molecule has 1 aliphatic rings. The van der Waals surface area contributed by atoms with E-state index in [-0.39, 0.29) is 23.1 Å². The molecule has 1 amide bonds. The first-order valence-electron chi connectivity index (χ1n) is 9.81. The Hall–Kier alpha value is -2.43. The molecule has 1 atom stereocenters. The monoisotopic (exact) mass is 367 g/mol. The Morgan fingerprint density at radius 3 is 2.56 bits per heavy atom. The van der Waals surface area contributed by atoms with Crippen molar-refractivity contribution >= 4 is 11.7 Å². The van der Waals surface area contributed by atoms with Gasteiger partial charge in [0.05, 0.1) is 0 Å². The Bertz CT molecular complexity index is 789. The van der Waals surface area contributed by atoms with Crippen molar-refractivity contribution in [3.63, 3.8) is 0 Å². The topological polar surface area (TPSA) is 66.1 Å². The van der Waals surface area contributed by atoms with Crippen molar-refractivity contribution in [3.05, 3.63) is 53.3 Å². The van der Waals surface area contributed by atoms with Crippen LogP contribution in [0, 0.1) is 0 Å². The summed E-state index contributed by atoms with van der Waals surface area (Å²) in [7, 11) is 0. The van der Waals surface area contributed by atoms with E-state index in [1.807, 2.05) is 41.3 Å². The molecular weight excluding hydrogens is 338 g/mol. The molecular formula is C22H29N3O2. The van der Waals surface area contributed by atoms with Gasteiger partial charge >= 0.3 is 0 Å². The Balaban J connectivity index is 1.79. The van der Waals surface area contributed by atoms with Crippen LogP contribution in [0.3, 0.4) is 0 Å². The maximum Gasteiger partial charge on any atom is 0.274 e. The number of aromatic amines is 1. The predicted octanol–water partition coefficient (Wildman–Crippen LogP) is 4.37. The van der Waals surface area contributed by atoms with Crippen LogP contribution in [0.25, 0.3) is 0 Å². The zero-order valence-corrected chi connectivity index (χ0v) is 16.5. The van der Waals surface area contributed by atoms with E-state index in [1.165, 1.54) is 0 Å². The van der Waals surface area contributed by atoms with E-state index in [4.69, 9.17) is 0 Å². The lowest BCUT2D eigenvalue weighted by Gasteiger charge is -2.29. The number of nitrogens with zero attached hydrogens (tertiary/aromatic N) is 2. The average molecular weight is 367 g/mol. The lowest BCUT2D eigenvalue weighted by atomic mass is 9.92. The Labute approximate surface area is 161 Å². The summed E-state index contributed by atoms with van der Waals surface area (Å²) in [5, 5.41) is 7.26. The summed E-state index contributed by atoms with van der Waals surface area (Å²) in [6.07, 6.45) is 4.34. The molecule has 2 aromatic rings. The first-order chi connectivity index (χ1) is 12.9. The first-order valence-corrected chi connectivity index (χ1v) is 9.81. The average Bonchev–Trinajstić information content (AvgIpc) is 3.04. The minimum atomic E-state index is -0.0903. The highest BCUT2D eigenvalue weighted by atomic mass is 16.2. The molecule has 0 spiro atoms. The van der Waals surface area contributed by atoms with Gasteiger partial charge in [-0.2, -0.15) is 5.10 Å². The largest absolute Gasteiger partial charge is 0.334 e. The fourth-order valence-corrected chi connectivity index (χ4v) is 3.58. The molecule has 27 heavy (non-hydrogen) atoms. The molecule has 3 rings (SSSR count). The number of carbonyl (C=O) groups is 2. The van der Waals surface area contributed by atoms with Crippen LogP contribution in [0.5, 0.6) is 0 Å². The number of ketones is 1. The summed E-state index contributed by atoms with van der Waals surface area (Å²) in [4.78, 5) is 27.7. The van der Waals surface area contributed by atoms with Crippen LogP contribution >= 0.6 is 0 Å². The molecule has 1 aromatic heterocycles. The van der Waals surface area contributed by atoms with Gasteiger partial charge in [-0.05, 0) is 18.9 Å². The molecule has 5 heteroatoms. The molecule has 1 aliphatic heterocycles. The molecule has 2 heterocycles. The van der Waals surface area contributed by atoms with Gasteiger partial charge in [0.25, 0.3) is 5.91 Å². The third-order valence-corrected chi connectivity index (χ3v) is 5.26. The molecule has 1 aromatic carbocycles. The van der Waals surface area contributed by atoms with E-state index >= 15 is 0 Å². The van der Waals surface area contributed by atoms with E-state index in [1.54, 1.807) is 0 Å². The fraction of sp³-hybridized carbons (Fsp3) is 0.500. The normalized spacial score (nSPS) is 18.2. The second-order valence-electron chi connectivity index (χ2n) is 8.41. The van der Waals surface area contributed by atoms with Crippen LogP contribution in [-0.2, 0) is 5.41 Å². The highest BCUT2D eigenvalue weighted by molar-refractivity contribution is 5.97. The summed E-state index contributed by atoms with van der Waals surface area (Å²) in [5.74, 6) is 0.0206. The number of nitrogens with one attached hydrogen (secondary N) is 1. The quantitative estimate of drug-likeness (QED) is 0.816. The van der Waals surface area contributed by atoms with E-state index in [0.717, 1.165) is 31.4 Å². The van der Waals surface area contributed by atoms with E-state index in [0.29, 0.717) is 24.2 Å². The van der Waals surface area contributed by atoms with Gasteiger partial charge in [-0.3, -0.25) is 14.7 Å². The maximum atomic E-state index is 13.2. The van der Waals surface area contributed by atoms with Crippen molar-refractivity contribution in [2.24, 2.45) is 0 Å². The van der Waals surface area contributed by atoms with Gasteiger partial charge < -0.3 is 4.90 Å². The number of carbonyl (C=O) groups excluding carboxylic acids is 2. The van der Waals surface area contributed by atoms with E-state index in [9.17, 15) is 9.59 Å². The van der Waals surface area contributed by atoms with Gasteiger partial charge in [-0.1, -0.05) is 63.9 Å². The van der Waals surface area contributed by atoms with Crippen LogP contribution in [-0.4, -0.2) is 39.4 Å². The van der Waals surface area contributed by atoms with Gasteiger partial charge in [0.2, 0.25) is 0 Å². The summed E-state index contributed by atoms with van der Waals surface area (Å²) < 4.78 is 0.